The van der Waals surface area contributed by atoms with Crippen LogP contribution in [0.25, 0.3) is 6.08 Å². The summed E-state index contributed by atoms with van der Waals surface area (Å²) in [7, 11) is 0. The Bertz CT molecular complexity index is 858. The number of phenols is 2. The van der Waals surface area contributed by atoms with Gasteiger partial charge in [0.25, 0.3) is 11.1 Å². The Labute approximate surface area is 149 Å². The predicted molar refractivity (Wildman–Crippen MR) is 97.1 cm³/mol. The molecular weight excluding hydrogens is 338 g/mol. The van der Waals surface area contributed by atoms with E-state index in [4.69, 9.17) is 0 Å². The highest BCUT2D eigenvalue weighted by Crippen LogP contribution is 2.36. The Morgan fingerprint density at radius 3 is 2.48 bits per heavy atom. The summed E-state index contributed by atoms with van der Waals surface area (Å²) in [5.41, 5.74) is 2.36. The molecular formula is C19H17NO4S. The van der Waals surface area contributed by atoms with Crippen molar-refractivity contribution in [3.8, 4) is 11.5 Å². The summed E-state index contributed by atoms with van der Waals surface area (Å²) in [5.74, 6) is -1.01. The van der Waals surface area contributed by atoms with Crippen molar-refractivity contribution in [2.45, 2.75) is 19.9 Å². The third kappa shape index (κ3) is 3.53. The summed E-state index contributed by atoms with van der Waals surface area (Å²) < 4.78 is 0. The lowest BCUT2D eigenvalue weighted by Crippen LogP contribution is -2.27. The third-order valence-electron chi connectivity index (χ3n) is 3.99. The molecule has 0 bridgehead atoms. The number of carbonyl (C=O) groups is 2. The Balaban J connectivity index is 1.82. The van der Waals surface area contributed by atoms with Gasteiger partial charge < -0.3 is 10.2 Å². The van der Waals surface area contributed by atoms with E-state index < -0.39 is 11.1 Å². The van der Waals surface area contributed by atoms with Gasteiger partial charge in [-0.25, -0.2) is 0 Å². The Hall–Kier alpha value is -2.73. The predicted octanol–water partition coefficient (Wildman–Crippen LogP) is 3.90. The number of hydrogen-bond donors (Lipinski definition) is 2. The number of para-hydroxylation sites is 1. The summed E-state index contributed by atoms with van der Waals surface area (Å²) in [5, 5.41) is 19.0. The molecule has 1 saturated heterocycles. The Kier molecular flexibility index (Phi) is 4.81. The fourth-order valence-electron chi connectivity index (χ4n) is 2.51. The zero-order chi connectivity index (χ0) is 18.0. The summed E-state index contributed by atoms with van der Waals surface area (Å²) >= 11 is 0.870. The van der Waals surface area contributed by atoms with Crippen LogP contribution in [0.4, 0.5) is 4.79 Å². The van der Waals surface area contributed by atoms with Gasteiger partial charge in [-0.15, -0.1) is 0 Å². The highest BCUT2D eigenvalue weighted by atomic mass is 32.2. The molecule has 2 N–H and O–H groups in total. The molecule has 25 heavy (non-hydrogen) atoms. The maximum atomic E-state index is 12.5. The molecule has 2 aromatic carbocycles. The van der Waals surface area contributed by atoms with Crippen molar-refractivity contribution >= 4 is 29.0 Å². The van der Waals surface area contributed by atoms with Crippen LogP contribution >= 0.6 is 11.8 Å². The fraction of sp³-hybridized carbons (Fsp3) is 0.158. The lowest BCUT2D eigenvalue weighted by atomic mass is 10.1. The Morgan fingerprint density at radius 2 is 1.80 bits per heavy atom. The van der Waals surface area contributed by atoms with E-state index in [9.17, 15) is 19.8 Å². The number of aromatic hydroxyl groups is 2. The van der Waals surface area contributed by atoms with E-state index in [1.165, 1.54) is 11.6 Å². The molecule has 0 unspecified atom stereocenters. The van der Waals surface area contributed by atoms with E-state index in [1.807, 2.05) is 24.3 Å². The smallest absolute Gasteiger partial charge is 0.293 e. The first kappa shape index (κ1) is 17.1. The van der Waals surface area contributed by atoms with Crippen LogP contribution < -0.4 is 0 Å². The fourth-order valence-corrected chi connectivity index (χ4v) is 3.35. The van der Waals surface area contributed by atoms with E-state index >= 15 is 0 Å². The van der Waals surface area contributed by atoms with Crippen LogP contribution in [-0.4, -0.2) is 26.3 Å². The number of amides is 2. The van der Waals surface area contributed by atoms with Gasteiger partial charge in [-0.05, 0) is 41.5 Å². The SMILES string of the molecule is CCc1ccc(/C=C2\SC(=O)N(Cc3cccc(O)c3O)C2=O)cc1. The molecule has 1 aliphatic rings. The molecule has 2 aromatic rings. The summed E-state index contributed by atoms with van der Waals surface area (Å²) in [6.45, 7) is 1.98. The first-order valence-electron chi connectivity index (χ1n) is 7.83. The van der Waals surface area contributed by atoms with Crippen molar-refractivity contribution in [2.24, 2.45) is 0 Å². The number of carbonyl (C=O) groups excluding carboxylic acids is 2. The second-order valence-corrected chi connectivity index (χ2v) is 6.64. The molecule has 128 valence electrons. The molecule has 0 atom stereocenters. The van der Waals surface area contributed by atoms with Crippen molar-refractivity contribution in [2.75, 3.05) is 0 Å². The van der Waals surface area contributed by atoms with Gasteiger partial charge in [0.15, 0.2) is 11.5 Å². The van der Waals surface area contributed by atoms with Crippen molar-refractivity contribution in [1.29, 1.82) is 0 Å². The molecule has 1 heterocycles. The van der Waals surface area contributed by atoms with Gasteiger partial charge >= 0.3 is 0 Å². The van der Waals surface area contributed by atoms with Gasteiger partial charge in [0.05, 0.1) is 11.4 Å². The van der Waals surface area contributed by atoms with Gasteiger partial charge in [-0.3, -0.25) is 14.5 Å². The maximum absolute atomic E-state index is 12.5. The number of rotatable bonds is 4. The van der Waals surface area contributed by atoms with Crippen molar-refractivity contribution in [1.82, 2.24) is 4.90 Å². The van der Waals surface area contributed by atoms with Gasteiger partial charge in [-0.2, -0.15) is 0 Å². The number of imide groups is 1. The highest BCUT2D eigenvalue weighted by Gasteiger charge is 2.35. The zero-order valence-corrected chi connectivity index (χ0v) is 14.4. The van der Waals surface area contributed by atoms with Gasteiger partial charge in [0.2, 0.25) is 0 Å². The van der Waals surface area contributed by atoms with Crippen LogP contribution in [-0.2, 0) is 17.8 Å². The van der Waals surface area contributed by atoms with Crippen molar-refractivity contribution in [3.05, 3.63) is 64.1 Å². The van der Waals surface area contributed by atoms with Gasteiger partial charge in [0.1, 0.15) is 0 Å². The van der Waals surface area contributed by atoms with Crippen LogP contribution in [0, 0.1) is 0 Å². The minimum absolute atomic E-state index is 0.0863. The molecule has 0 saturated carbocycles. The number of phenolic OH excluding ortho intramolecular Hbond substituents is 2. The van der Waals surface area contributed by atoms with Gasteiger partial charge in [0, 0.05) is 5.56 Å². The number of hydrogen-bond acceptors (Lipinski definition) is 5. The lowest BCUT2D eigenvalue weighted by Gasteiger charge is -2.13. The summed E-state index contributed by atoms with van der Waals surface area (Å²) in [6, 6.07) is 12.2. The molecule has 0 radical (unpaired) electrons. The first-order chi connectivity index (χ1) is 12.0. The third-order valence-corrected chi connectivity index (χ3v) is 4.89. The van der Waals surface area contributed by atoms with Crippen LogP contribution in [0.15, 0.2) is 47.4 Å². The summed E-state index contributed by atoms with van der Waals surface area (Å²) in [6.07, 6.45) is 2.62. The normalized spacial score (nSPS) is 16.0. The Morgan fingerprint density at radius 1 is 1.08 bits per heavy atom. The van der Waals surface area contributed by atoms with E-state index in [-0.39, 0.29) is 18.0 Å². The molecule has 0 aliphatic carbocycles. The monoisotopic (exact) mass is 355 g/mol. The highest BCUT2D eigenvalue weighted by molar-refractivity contribution is 8.18. The van der Waals surface area contributed by atoms with Crippen molar-refractivity contribution in [3.63, 3.8) is 0 Å². The van der Waals surface area contributed by atoms with E-state index in [0.29, 0.717) is 10.5 Å². The zero-order valence-electron chi connectivity index (χ0n) is 13.6. The van der Waals surface area contributed by atoms with Crippen LogP contribution in [0.5, 0.6) is 11.5 Å². The maximum Gasteiger partial charge on any atom is 0.293 e. The lowest BCUT2D eigenvalue weighted by molar-refractivity contribution is -0.123. The first-order valence-corrected chi connectivity index (χ1v) is 8.65. The second kappa shape index (κ2) is 7.03. The van der Waals surface area contributed by atoms with Gasteiger partial charge in [-0.1, -0.05) is 43.3 Å². The molecule has 3 rings (SSSR count). The van der Waals surface area contributed by atoms with Crippen LogP contribution in [0.1, 0.15) is 23.6 Å². The van der Waals surface area contributed by atoms with Crippen LogP contribution in [0.3, 0.4) is 0 Å². The molecule has 2 amide bonds. The molecule has 5 nitrogen and oxygen atoms in total. The van der Waals surface area contributed by atoms with Crippen molar-refractivity contribution < 1.29 is 19.8 Å². The van der Waals surface area contributed by atoms with E-state index in [2.05, 4.69) is 6.92 Å². The molecule has 1 aliphatic heterocycles. The topological polar surface area (TPSA) is 77.8 Å². The minimum Gasteiger partial charge on any atom is -0.504 e. The average molecular weight is 355 g/mol. The average Bonchev–Trinajstić information content (AvgIpc) is 2.87. The molecule has 0 aromatic heterocycles. The number of nitrogens with zero attached hydrogens (tertiary/aromatic N) is 1. The van der Waals surface area contributed by atoms with E-state index in [0.717, 1.165) is 28.6 Å². The number of aryl methyl sites for hydroxylation is 1. The largest absolute Gasteiger partial charge is 0.504 e. The molecule has 6 heteroatoms. The number of thioether (sulfide) groups is 1. The molecule has 0 spiro atoms. The number of benzene rings is 2. The second-order valence-electron chi connectivity index (χ2n) is 5.65. The standard InChI is InChI=1S/C19H17NO4S/c1-2-12-6-8-13(9-7-12)10-16-18(23)20(19(24)25-16)11-14-4-3-5-15(21)17(14)22/h3-10,21-22H,2,11H2,1H3/b16-10-. The minimum atomic E-state index is -0.405. The van der Waals surface area contributed by atoms with Crippen LogP contribution in [0.2, 0.25) is 0 Å². The van der Waals surface area contributed by atoms with E-state index in [1.54, 1.807) is 18.2 Å². The quantitative estimate of drug-likeness (QED) is 0.642. The molecule has 1 fully saturated rings. The summed E-state index contributed by atoms with van der Waals surface area (Å²) in [4.78, 5) is 26.1.